The molecule has 1 N–H and O–H groups in total. The maximum absolute atomic E-state index is 12.9. The summed E-state index contributed by atoms with van der Waals surface area (Å²) < 4.78 is 11.0. The Balaban J connectivity index is 1.28. The Labute approximate surface area is 198 Å². The van der Waals surface area contributed by atoms with E-state index in [1.165, 1.54) is 24.0 Å². The molecule has 33 heavy (non-hydrogen) atoms. The van der Waals surface area contributed by atoms with Gasteiger partial charge >= 0.3 is 0 Å². The minimum absolute atomic E-state index is 0.0298. The van der Waals surface area contributed by atoms with Gasteiger partial charge in [-0.05, 0) is 60.6 Å². The van der Waals surface area contributed by atoms with E-state index in [0.717, 1.165) is 37.1 Å². The molecule has 1 aliphatic carbocycles. The second-order valence-electron chi connectivity index (χ2n) is 8.69. The van der Waals surface area contributed by atoms with Crippen LogP contribution < -0.4 is 5.32 Å². The third-order valence-corrected chi connectivity index (χ3v) is 6.82. The van der Waals surface area contributed by atoms with Crippen LogP contribution in [-0.2, 0) is 17.6 Å². The topological polar surface area (TPSA) is 67.6 Å². The monoisotopic (exact) mass is 465 g/mol. The molecule has 5 rings (SSSR count). The van der Waals surface area contributed by atoms with Crippen molar-refractivity contribution in [2.24, 2.45) is 0 Å². The number of benzene rings is 2. The van der Waals surface area contributed by atoms with Gasteiger partial charge in [0.05, 0.1) is 19.3 Å². The van der Waals surface area contributed by atoms with Crippen molar-refractivity contribution >= 4 is 17.5 Å². The summed E-state index contributed by atoms with van der Waals surface area (Å²) in [5, 5.41) is 7.78. The number of aromatic nitrogens is 1. The Morgan fingerprint density at radius 3 is 2.58 bits per heavy atom. The largest absolute Gasteiger partial charge is 0.379 e. The van der Waals surface area contributed by atoms with Gasteiger partial charge in [-0.3, -0.25) is 9.69 Å². The number of nitrogens with one attached hydrogen (secondary N) is 1. The van der Waals surface area contributed by atoms with E-state index in [0.29, 0.717) is 36.2 Å². The number of hydrogen-bond acceptors (Lipinski definition) is 5. The van der Waals surface area contributed by atoms with Gasteiger partial charge in [0, 0.05) is 36.3 Å². The van der Waals surface area contributed by atoms with Gasteiger partial charge in [-0.25, -0.2) is 0 Å². The first-order valence-electron chi connectivity index (χ1n) is 11.6. The lowest BCUT2D eigenvalue weighted by Crippen LogP contribution is -2.43. The average molecular weight is 466 g/mol. The number of morpholine rings is 1. The molecular formula is C26H28ClN3O3. The van der Waals surface area contributed by atoms with Crippen molar-refractivity contribution in [1.29, 1.82) is 0 Å². The van der Waals surface area contributed by atoms with Crippen LogP contribution in [0.25, 0.3) is 11.3 Å². The van der Waals surface area contributed by atoms with Crippen molar-refractivity contribution in [3.63, 3.8) is 0 Å². The van der Waals surface area contributed by atoms with Gasteiger partial charge in [-0.2, -0.15) is 0 Å². The van der Waals surface area contributed by atoms with Crippen molar-refractivity contribution in [2.75, 3.05) is 32.8 Å². The number of nitrogens with zero attached hydrogens (tertiary/aromatic N) is 2. The van der Waals surface area contributed by atoms with Crippen molar-refractivity contribution in [1.82, 2.24) is 15.4 Å². The molecule has 1 saturated heterocycles. The summed E-state index contributed by atoms with van der Waals surface area (Å²) >= 11 is 6.08. The molecule has 2 aliphatic rings. The number of carbonyl (C=O) groups excluding carboxylic acids is 1. The molecule has 2 aromatic carbocycles. The van der Waals surface area contributed by atoms with E-state index in [9.17, 15) is 4.79 Å². The van der Waals surface area contributed by atoms with Crippen LogP contribution in [0.5, 0.6) is 0 Å². The number of halogens is 1. The second kappa shape index (κ2) is 10.1. The summed E-state index contributed by atoms with van der Waals surface area (Å²) in [6, 6.07) is 16.0. The van der Waals surface area contributed by atoms with Crippen LogP contribution in [0, 0.1) is 0 Å². The van der Waals surface area contributed by atoms with Crippen LogP contribution in [0.1, 0.15) is 46.1 Å². The zero-order valence-corrected chi connectivity index (χ0v) is 19.3. The molecule has 3 aromatic rings. The molecule has 0 spiro atoms. The fourth-order valence-corrected chi connectivity index (χ4v) is 4.84. The van der Waals surface area contributed by atoms with Gasteiger partial charge in [0.2, 0.25) is 0 Å². The molecule has 2 heterocycles. The predicted molar refractivity (Wildman–Crippen MR) is 127 cm³/mol. The molecular weight excluding hydrogens is 438 g/mol. The molecule has 1 atom stereocenters. The number of ether oxygens (including phenoxy) is 1. The van der Waals surface area contributed by atoms with Crippen molar-refractivity contribution in [3.8, 4) is 11.3 Å². The summed E-state index contributed by atoms with van der Waals surface area (Å²) in [7, 11) is 0. The smallest absolute Gasteiger partial charge is 0.273 e. The number of fused-ring (bicyclic) bond motifs is 1. The van der Waals surface area contributed by atoms with Gasteiger partial charge in [0.1, 0.15) is 0 Å². The van der Waals surface area contributed by atoms with E-state index < -0.39 is 0 Å². The summed E-state index contributed by atoms with van der Waals surface area (Å²) in [5.41, 5.74) is 5.15. The lowest BCUT2D eigenvalue weighted by atomic mass is 9.90. The molecule has 6 nitrogen and oxygen atoms in total. The van der Waals surface area contributed by atoms with E-state index in [4.69, 9.17) is 20.9 Å². The van der Waals surface area contributed by atoms with Crippen molar-refractivity contribution < 1.29 is 14.1 Å². The lowest BCUT2D eigenvalue weighted by molar-refractivity contribution is 0.0162. The van der Waals surface area contributed by atoms with Crippen LogP contribution >= 0.6 is 11.6 Å². The third kappa shape index (κ3) is 5.13. The highest BCUT2D eigenvalue weighted by molar-refractivity contribution is 6.30. The molecule has 0 unspecified atom stereocenters. The lowest BCUT2D eigenvalue weighted by Gasteiger charge is -2.34. The Kier molecular flexibility index (Phi) is 6.76. The number of hydrogen-bond donors (Lipinski definition) is 1. The maximum Gasteiger partial charge on any atom is 0.273 e. The van der Waals surface area contributed by atoms with E-state index in [1.807, 2.05) is 24.3 Å². The van der Waals surface area contributed by atoms with Crippen LogP contribution in [0.15, 0.2) is 53.1 Å². The van der Waals surface area contributed by atoms with E-state index in [2.05, 4.69) is 33.6 Å². The number of aryl methyl sites for hydroxylation is 2. The van der Waals surface area contributed by atoms with Gasteiger partial charge < -0.3 is 14.6 Å². The highest BCUT2D eigenvalue weighted by Gasteiger charge is 2.24. The first kappa shape index (κ1) is 22.1. The first-order chi connectivity index (χ1) is 16.2. The summed E-state index contributed by atoms with van der Waals surface area (Å²) in [6.07, 6.45) is 4.70. The molecule has 1 fully saturated rings. The van der Waals surface area contributed by atoms with Crippen molar-refractivity contribution in [2.45, 2.75) is 31.7 Å². The van der Waals surface area contributed by atoms with E-state index in [1.54, 1.807) is 6.07 Å². The normalized spacial score (nSPS) is 17.4. The predicted octanol–water partition coefficient (Wildman–Crippen LogP) is 4.68. The minimum atomic E-state index is -0.241. The van der Waals surface area contributed by atoms with Gasteiger partial charge in [-0.1, -0.05) is 41.0 Å². The molecule has 0 radical (unpaired) electrons. The van der Waals surface area contributed by atoms with Gasteiger partial charge in [0.15, 0.2) is 11.5 Å². The fraction of sp³-hybridized carbons (Fsp3) is 0.385. The highest BCUT2D eigenvalue weighted by Crippen LogP contribution is 2.28. The van der Waals surface area contributed by atoms with Crippen LogP contribution in [0.4, 0.5) is 0 Å². The van der Waals surface area contributed by atoms with Gasteiger partial charge in [0.25, 0.3) is 5.91 Å². The third-order valence-electron chi connectivity index (χ3n) is 6.57. The maximum atomic E-state index is 12.9. The average Bonchev–Trinajstić information content (AvgIpc) is 3.36. The fourth-order valence-electron chi connectivity index (χ4n) is 4.72. The molecule has 1 amide bonds. The minimum Gasteiger partial charge on any atom is -0.379 e. The first-order valence-corrected chi connectivity index (χ1v) is 12.0. The van der Waals surface area contributed by atoms with E-state index >= 15 is 0 Å². The number of rotatable bonds is 6. The number of carbonyl (C=O) groups is 1. The van der Waals surface area contributed by atoms with E-state index in [-0.39, 0.29) is 11.9 Å². The zero-order chi connectivity index (χ0) is 22.6. The Bertz CT molecular complexity index is 1110. The van der Waals surface area contributed by atoms with Gasteiger partial charge in [-0.15, -0.1) is 0 Å². The Morgan fingerprint density at radius 2 is 1.79 bits per heavy atom. The summed E-state index contributed by atoms with van der Waals surface area (Å²) in [5.74, 6) is 0.381. The SMILES string of the molecule is O=C(NC[C@H](c1ccc(Cl)cc1)N1CCOCC1)c1cc(-c2ccc3c(c2)CCCC3)on1. The van der Waals surface area contributed by atoms with Crippen LogP contribution in [-0.4, -0.2) is 48.8 Å². The summed E-state index contributed by atoms with van der Waals surface area (Å²) in [6.45, 7) is 3.46. The van der Waals surface area contributed by atoms with Crippen LogP contribution in [0.3, 0.4) is 0 Å². The van der Waals surface area contributed by atoms with Crippen LogP contribution in [0.2, 0.25) is 5.02 Å². The second-order valence-corrected chi connectivity index (χ2v) is 9.13. The molecule has 1 aliphatic heterocycles. The molecule has 1 aromatic heterocycles. The standard InChI is InChI=1S/C26H28ClN3O3/c27-22-9-7-19(8-10-22)24(30-11-13-32-14-12-30)17-28-26(31)23-16-25(33-29-23)21-6-5-18-3-1-2-4-20(18)15-21/h5-10,15-16,24H,1-4,11-14,17H2,(H,28,31)/t24-/m1/s1. The Hall–Kier alpha value is -2.67. The van der Waals surface area contributed by atoms with Crippen molar-refractivity contribution in [3.05, 3.63) is 75.9 Å². The quantitative estimate of drug-likeness (QED) is 0.572. The molecule has 0 saturated carbocycles. The molecule has 7 heteroatoms. The Morgan fingerprint density at radius 1 is 1.03 bits per heavy atom. The highest BCUT2D eigenvalue weighted by atomic mass is 35.5. The molecule has 0 bridgehead atoms. The number of amides is 1. The zero-order valence-electron chi connectivity index (χ0n) is 18.6. The summed E-state index contributed by atoms with van der Waals surface area (Å²) in [4.78, 5) is 15.2. The molecule has 172 valence electrons.